The molecule has 0 saturated heterocycles. The van der Waals surface area contributed by atoms with Gasteiger partial charge in [-0.25, -0.2) is 0 Å². The van der Waals surface area contributed by atoms with Gasteiger partial charge in [0.1, 0.15) is 0 Å². The van der Waals surface area contributed by atoms with E-state index >= 15 is 0 Å². The fraction of sp³-hybridized carbons (Fsp3) is 0. The van der Waals surface area contributed by atoms with Gasteiger partial charge in [0.25, 0.3) is 0 Å². The molecule has 3 nitrogen and oxygen atoms in total. The van der Waals surface area contributed by atoms with E-state index in [2.05, 4.69) is 0 Å². The zero-order chi connectivity index (χ0) is 0. The molecular weight excluding hydrogens is 200 g/mol. The van der Waals surface area contributed by atoms with Crippen LogP contribution in [0.25, 0.3) is 0 Å². The first-order chi connectivity index (χ1) is 0. The maximum atomic E-state index is 0. The predicted octanol–water partition coefficient (Wildman–Crippen LogP) is -3.53. The largest absolute Gasteiger partial charge is 2.00 e. The third kappa shape index (κ3) is 21.3. The SMILES string of the molecule is [Cd+2].[K+].[OH-].[OH-].[OH-]. The smallest absolute Gasteiger partial charge is 0.870 e. The van der Waals surface area contributed by atoms with Crippen molar-refractivity contribution in [3.8, 4) is 0 Å². The molecule has 5 heavy (non-hydrogen) atoms. The van der Waals surface area contributed by atoms with Crippen molar-refractivity contribution in [3.63, 3.8) is 0 Å². The van der Waals surface area contributed by atoms with Crippen molar-refractivity contribution < 1.29 is 95.1 Å². The minimum atomic E-state index is 0. The van der Waals surface area contributed by atoms with Gasteiger partial charge in [0, 0.05) is 0 Å². The zero-order valence-corrected chi connectivity index (χ0v) is 10.2. The van der Waals surface area contributed by atoms with Crippen LogP contribution in [0, 0.1) is 0 Å². The molecule has 0 amide bonds. The number of rotatable bonds is 0. The third-order valence-corrected chi connectivity index (χ3v) is 0. The molecule has 0 saturated carbocycles. The summed E-state index contributed by atoms with van der Waals surface area (Å²) in [7, 11) is 0. The Morgan fingerprint density at radius 3 is 0.600 bits per heavy atom. The average molecular weight is 203 g/mol. The first-order valence-electron chi connectivity index (χ1n) is 0. The Labute approximate surface area is 93.0 Å². The van der Waals surface area contributed by atoms with Crippen LogP contribution in [0.15, 0.2) is 0 Å². The van der Waals surface area contributed by atoms with Crippen LogP contribution in [-0.4, -0.2) is 16.4 Å². The molecule has 0 aromatic carbocycles. The summed E-state index contributed by atoms with van der Waals surface area (Å²) in [5.41, 5.74) is 0. The first-order valence-corrected chi connectivity index (χ1v) is 0. The van der Waals surface area contributed by atoms with Crippen molar-refractivity contribution in [1.82, 2.24) is 0 Å². The normalized spacial score (nSPS) is 0. The van der Waals surface area contributed by atoms with Crippen LogP contribution in [0.2, 0.25) is 0 Å². The second-order valence-corrected chi connectivity index (χ2v) is 0. The quantitative estimate of drug-likeness (QED) is 0.381. The van der Waals surface area contributed by atoms with E-state index < -0.39 is 0 Å². The van der Waals surface area contributed by atoms with Gasteiger partial charge in [-0.15, -0.1) is 0 Å². The van der Waals surface area contributed by atoms with Crippen molar-refractivity contribution in [2.24, 2.45) is 0 Å². The van der Waals surface area contributed by atoms with E-state index in [0.29, 0.717) is 0 Å². The molecule has 0 unspecified atom stereocenters. The summed E-state index contributed by atoms with van der Waals surface area (Å²) in [4.78, 5) is 0. The van der Waals surface area contributed by atoms with E-state index in [1.54, 1.807) is 0 Å². The van der Waals surface area contributed by atoms with Crippen LogP contribution in [0.1, 0.15) is 0 Å². The van der Waals surface area contributed by atoms with E-state index in [9.17, 15) is 0 Å². The maximum absolute atomic E-state index is 0. The van der Waals surface area contributed by atoms with E-state index in [0.717, 1.165) is 0 Å². The minimum absolute atomic E-state index is 0. The molecule has 0 rings (SSSR count). The molecule has 0 radical (unpaired) electrons. The molecule has 0 bridgehead atoms. The Bertz CT molecular complexity index is 6.85. The first kappa shape index (κ1) is 51.9. The molecule has 0 aliphatic rings. The van der Waals surface area contributed by atoms with E-state index in [4.69, 9.17) is 0 Å². The molecule has 24 valence electrons. The molecule has 0 spiro atoms. The van der Waals surface area contributed by atoms with Gasteiger partial charge >= 0.3 is 78.7 Å². The van der Waals surface area contributed by atoms with Gasteiger partial charge in [0.15, 0.2) is 0 Å². The topological polar surface area (TPSA) is 90.0 Å². The van der Waals surface area contributed by atoms with Crippen molar-refractivity contribution in [3.05, 3.63) is 0 Å². The molecular formula is H3CdKO3. The van der Waals surface area contributed by atoms with E-state index in [-0.39, 0.29) is 95.1 Å². The van der Waals surface area contributed by atoms with Gasteiger partial charge < -0.3 is 16.4 Å². The summed E-state index contributed by atoms with van der Waals surface area (Å²) < 4.78 is 0. The summed E-state index contributed by atoms with van der Waals surface area (Å²) in [6.45, 7) is 0. The van der Waals surface area contributed by atoms with Crippen molar-refractivity contribution in [2.45, 2.75) is 0 Å². The van der Waals surface area contributed by atoms with Crippen LogP contribution in [0.5, 0.6) is 0 Å². The van der Waals surface area contributed by atoms with Gasteiger partial charge in [-0.2, -0.15) is 0 Å². The molecule has 0 aromatic rings. The van der Waals surface area contributed by atoms with Crippen LogP contribution in [0.4, 0.5) is 0 Å². The van der Waals surface area contributed by atoms with Gasteiger partial charge in [-0.05, 0) is 0 Å². The van der Waals surface area contributed by atoms with Gasteiger partial charge in [0.2, 0.25) is 0 Å². The van der Waals surface area contributed by atoms with Gasteiger partial charge in [0.05, 0.1) is 0 Å². The average Bonchev–Trinajstić information content (AvgIpc) is 0. The van der Waals surface area contributed by atoms with Gasteiger partial charge in [-0.3, -0.25) is 0 Å². The summed E-state index contributed by atoms with van der Waals surface area (Å²) in [5, 5.41) is 0. The van der Waals surface area contributed by atoms with Crippen molar-refractivity contribution >= 4 is 0 Å². The van der Waals surface area contributed by atoms with E-state index in [1.807, 2.05) is 0 Å². The third-order valence-electron chi connectivity index (χ3n) is 0. The zero-order valence-electron chi connectivity index (χ0n) is 3.05. The second kappa shape index (κ2) is 32.0. The Balaban J connectivity index is 0. The summed E-state index contributed by atoms with van der Waals surface area (Å²) in [6, 6.07) is 0. The molecule has 0 aliphatic heterocycles. The Morgan fingerprint density at radius 1 is 0.600 bits per heavy atom. The molecule has 5 heteroatoms. The Kier molecular flexibility index (Phi) is 332. The number of hydrogen-bond acceptors (Lipinski definition) is 3. The summed E-state index contributed by atoms with van der Waals surface area (Å²) in [6.07, 6.45) is 0. The minimum Gasteiger partial charge on any atom is -0.870 e. The monoisotopic (exact) mass is 204 g/mol. The van der Waals surface area contributed by atoms with Crippen molar-refractivity contribution in [2.75, 3.05) is 0 Å². The molecule has 0 fully saturated rings. The molecule has 3 N–H and O–H groups in total. The molecule has 0 aliphatic carbocycles. The summed E-state index contributed by atoms with van der Waals surface area (Å²) >= 11 is 0. The Hall–Kier alpha value is 2.44. The molecule has 0 heterocycles. The predicted molar refractivity (Wildman–Crippen MR) is 5.81 cm³/mol. The van der Waals surface area contributed by atoms with E-state index in [1.165, 1.54) is 0 Å². The van der Waals surface area contributed by atoms with Crippen LogP contribution >= 0.6 is 0 Å². The fourth-order valence-electron chi connectivity index (χ4n) is 0. The molecule has 0 aromatic heterocycles. The second-order valence-electron chi connectivity index (χ2n) is 0. The van der Waals surface area contributed by atoms with Crippen LogP contribution < -0.4 is 51.4 Å². The van der Waals surface area contributed by atoms with Crippen molar-refractivity contribution in [1.29, 1.82) is 0 Å². The van der Waals surface area contributed by atoms with Crippen LogP contribution in [0.3, 0.4) is 0 Å². The standard InChI is InChI=1S/Cd.K.3H2O/h;;3*1H2/q+2;+1;;;/p-3. The Morgan fingerprint density at radius 2 is 0.600 bits per heavy atom. The molecule has 0 atom stereocenters. The summed E-state index contributed by atoms with van der Waals surface area (Å²) in [5.74, 6) is 0. The fourth-order valence-corrected chi connectivity index (χ4v) is 0. The number of hydrogen-bond donors (Lipinski definition) is 0. The maximum Gasteiger partial charge on any atom is 2.00 e. The van der Waals surface area contributed by atoms with Gasteiger partial charge in [-0.1, -0.05) is 0 Å². The van der Waals surface area contributed by atoms with Crippen LogP contribution in [-0.2, 0) is 27.3 Å².